The fraction of sp³-hybridized carbons (Fsp3) is 0.231. The van der Waals surface area contributed by atoms with Crippen molar-refractivity contribution in [3.8, 4) is 18.1 Å². The molecule has 0 aromatic heterocycles. The van der Waals surface area contributed by atoms with E-state index in [1.807, 2.05) is 5.32 Å². The summed E-state index contributed by atoms with van der Waals surface area (Å²) < 4.78 is 53.8. The maximum Gasteiger partial charge on any atom is 0.422 e. The Balaban J connectivity index is 2.83. The van der Waals surface area contributed by atoms with Crippen LogP contribution in [0.2, 0.25) is 0 Å². The molecule has 1 aromatic carbocycles. The normalized spacial score (nSPS) is 10.5. The van der Waals surface area contributed by atoms with E-state index in [2.05, 4.69) is 16.0 Å². The molecule has 0 aliphatic rings. The van der Waals surface area contributed by atoms with Crippen LogP contribution in [0.4, 0.5) is 23.2 Å². The van der Waals surface area contributed by atoms with Crippen LogP contribution >= 0.6 is 0 Å². The molecule has 0 radical (unpaired) electrons. The van der Waals surface area contributed by atoms with E-state index in [4.69, 9.17) is 6.42 Å². The highest BCUT2D eigenvalue weighted by Gasteiger charge is 2.29. The molecular formula is C13H10F4N2O3. The number of halogens is 4. The number of ether oxygens (including phenoxy) is 1. The molecule has 2 amide bonds. The van der Waals surface area contributed by atoms with E-state index in [-0.39, 0.29) is 12.2 Å². The minimum Gasteiger partial charge on any atom is -0.482 e. The Morgan fingerprint density at radius 2 is 1.95 bits per heavy atom. The Bertz CT molecular complexity index is 608. The van der Waals surface area contributed by atoms with Crippen LogP contribution in [0.3, 0.4) is 0 Å². The summed E-state index contributed by atoms with van der Waals surface area (Å²) in [6.45, 7) is -1.88. The summed E-state index contributed by atoms with van der Waals surface area (Å²) in [7, 11) is 0. The van der Waals surface area contributed by atoms with Crippen LogP contribution in [-0.4, -0.2) is 31.1 Å². The minimum atomic E-state index is -4.64. The van der Waals surface area contributed by atoms with Crippen LogP contribution in [0.15, 0.2) is 18.2 Å². The van der Waals surface area contributed by atoms with Crippen molar-refractivity contribution in [2.24, 2.45) is 0 Å². The predicted octanol–water partition coefficient (Wildman–Crippen LogP) is 1.45. The number of carbonyl (C=O) groups is 2. The fourth-order valence-corrected chi connectivity index (χ4v) is 1.27. The zero-order chi connectivity index (χ0) is 16.8. The number of hydrogen-bond acceptors (Lipinski definition) is 3. The lowest BCUT2D eigenvalue weighted by atomic mass is 10.2. The molecule has 2 N–H and O–H groups in total. The molecule has 0 bridgehead atoms. The van der Waals surface area contributed by atoms with Crippen LogP contribution in [0, 0.1) is 18.2 Å². The van der Waals surface area contributed by atoms with Crippen LogP contribution in [-0.2, 0) is 9.59 Å². The molecule has 0 fully saturated rings. The Morgan fingerprint density at radius 3 is 2.55 bits per heavy atom. The van der Waals surface area contributed by atoms with Crippen LogP contribution < -0.4 is 15.4 Å². The summed E-state index contributed by atoms with van der Waals surface area (Å²) >= 11 is 0. The third-order valence-electron chi connectivity index (χ3n) is 2.14. The minimum absolute atomic E-state index is 0.201. The maximum atomic E-state index is 13.1. The third kappa shape index (κ3) is 5.70. The molecule has 5 nitrogen and oxygen atoms in total. The quantitative estimate of drug-likeness (QED) is 0.502. The summed E-state index contributed by atoms with van der Waals surface area (Å²) in [6.07, 6.45) is 0.245. The molecule has 118 valence electrons. The van der Waals surface area contributed by atoms with Gasteiger partial charge >= 0.3 is 18.0 Å². The lowest BCUT2D eigenvalue weighted by Crippen LogP contribution is -2.35. The second-order valence-electron chi connectivity index (χ2n) is 3.89. The van der Waals surface area contributed by atoms with E-state index in [0.29, 0.717) is 6.07 Å². The van der Waals surface area contributed by atoms with E-state index in [9.17, 15) is 27.2 Å². The van der Waals surface area contributed by atoms with E-state index in [0.717, 1.165) is 12.1 Å². The van der Waals surface area contributed by atoms with Gasteiger partial charge in [0.15, 0.2) is 6.61 Å². The van der Waals surface area contributed by atoms with Crippen molar-refractivity contribution >= 4 is 17.5 Å². The number of terminal acetylenes is 1. The van der Waals surface area contributed by atoms with Crippen molar-refractivity contribution in [3.63, 3.8) is 0 Å². The fourth-order valence-electron chi connectivity index (χ4n) is 1.27. The van der Waals surface area contributed by atoms with E-state index in [1.165, 1.54) is 0 Å². The average Bonchev–Trinajstić information content (AvgIpc) is 2.43. The molecule has 0 aliphatic heterocycles. The largest absolute Gasteiger partial charge is 0.482 e. The van der Waals surface area contributed by atoms with Gasteiger partial charge in [-0.05, 0) is 12.1 Å². The van der Waals surface area contributed by atoms with Gasteiger partial charge in [0.25, 0.3) is 0 Å². The summed E-state index contributed by atoms with van der Waals surface area (Å²) in [5.41, 5.74) is -0.286. The van der Waals surface area contributed by atoms with Crippen molar-refractivity contribution in [1.82, 2.24) is 5.32 Å². The average molecular weight is 318 g/mol. The molecule has 0 heterocycles. The second-order valence-corrected chi connectivity index (χ2v) is 3.89. The Labute approximate surface area is 122 Å². The number of hydrogen-bond donors (Lipinski definition) is 2. The first kappa shape index (κ1) is 17.3. The highest BCUT2D eigenvalue weighted by molar-refractivity contribution is 6.39. The zero-order valence-electron chi connectivity index (χ0n) is 11.0. The molecule has 0 aliphatic carbocycles. The lowest BCUT2D eigenvalue weighted by Gasteiger charge is -2.13. The first-order chi connectivity index (χ1) is 10.2. The van der Waals surface area contributed by atoms with Gasteiger partial charge < -0.3 is 15.4 Å². The third-order valence-corrected chi connectivity index (χ3v) is 2.14. The van der Waals surface area contributed by atoms with Gasteiger partial charge in [0.2, 0.25) is 0 Å². The monoisotopic (exact) mass is 318 g/mol. The van der Waals surface area contributed by atoms with Gasteiger partial charge in [0.1, 0.15) is 11.6 Å². The summed E-state index contributed by atoms with van der Waals surface area (Å²) in [6, 6.07) is 2.50. The molecule has 0 atom stereocenters. The SMILES string of the molecule is C#CCNC(=O)C(=O)Nc1ccc(F)cc1OCC(F)(F)F. The van der Waals surface area contributed by atoms with Crippen LogP contribution in [0.5, 0.6) is 5.75 Å². The number of benzene rings is 1. The van der Waals surface area contributed by atoms with Gasteiger partial charge in [-0.15, -0.1) is 6.42 Å². The molecule has 22 heavy (non-hydrogen) atoms. The first-order valence-electron chi connectivity index (χ1n) is 5.74. The van der Waals surface area contributed by atoms with Crippen molar-refractivity contribution < 1.29 is 31.9 Å². The predicted molar refractivity (Wildman–Crippen MR) is 68.4 cm³/mol. The van der Waals surface area contributed by atoms with Gasteiger partial charge in [0, 0.05) is 6.07 Å². The Hall–Kier alpha value is -2.76. The summed E-state index contributed by atoms with van der Waals surface area (Å²) in [4.78, 5) is 22.8. The maximum absolute atomic E-state index is 13.1. The smallest absolute Gasteiger partial charge is 0.422 e. The molecule has 0 saturated carbocycles. The van der Waals surface area contributed by atoms with Gasteiger partial charge in [-0.2, -0.15) is 13.2 Å². The number of carbonyl (C=O) groups excluding carboxylic acids is 2. The highest BCUT2D eigenvalue weighted by atomic mass is 19.4. The molecule has 0 unspecified atom stereocenters. The van der Waals surface area contributed by atoms with Crippen molar-refractivity contribution in [2.75, 3.05) is 18.5 Å². The van der Waals surface area contributed by atoms with Gasteiger partial charge in [-0.3, -0.25) is 9.59 Å². The van der Waals surface area contributed by atoms with E-state index >= 15 is 0 Å². The number of nitrogens with one attached hydrogen (secondary N) is 2. The molecule has 0 spiro atoms. The molecule has 0 saturated heterocycles. The van der Waals surface area contributed by atoms with Crippen LogP contribution in [0.1, 0.15) is 0 Å². The number of amides is 2. The first-order valence-corrected chi connectivity index (χ1v) is 5.74. The van der Waals surface area contributed by atoms with Crippen molar-refractivity contribution in [2.45, 2.75) is 6.18 Å². The zero-order valence-corrected chi connectivity index (χ0v) is 11.0. The van der Waals surface area contributed by atoms with Crippen molar-refractivity contribution in [1.29, 1.82) is 0 Å². The summed E-state index contributed by atoms with van der Waals surface area (Å²) in [5.74, 6) is -1.64. The molecular weight excluding hydrogens is 308 g/mol. The Kier molecular flexibility index (Phi) is 5.74. The van der Waals surface area contributed by atoms with Gasteiger partial charge in [0.05, 0.1) is 12.2 Å². The van der Waals surface area contributed by atoms with Crippen LogP contribution in [0.25, 0.3) is 0 Å². The second kappa shape index (κ2) is 7.31. The summed E-state index contributed by atoms with van der Waals surface area (Å²) in [5, 5.41) is 4.06. The molecule has 1 aromatic rings. The van der Waals surface area contributed by atoms with Gasteiger partial charge in [-0.25, -0.2) is 4.39 Å². The van der Waals surface area contributed by atoms with Gasteiger partial charge in [-0.1, -0.05) is 5.92 Å². The molecule has 9 heteroatoms. The number of alkyl halides is 3. The van der Waals surface area contributed by atoms with E-state index in [1.54, 1.807) is 0 Å². The van der Waals surface area contributed by atoms with Crippen molar-refractivity contribution in [3.05, 3.63) is 24.0 Å². The lowest BCUT2D eigenvalue weighted by molar-refractivity contribution is -0.153. The Morgan fingerprint density at radius 1 is 1.27 bits per heavy atom. The standard InChI is InChI=1S/C13H10F4N2O3/c1-2-5-18-11(20)12(21)19-9-4-3-8(14)6-10(9)22-7-13(15,16)17/h1,3-4,6H,5,7H2,(H,18,20)(H,19,21). The van der Waals surface area contributed by atoms with E-state index < -0.39 is 36.2 Å². The topological polar surface area (TPSA) is 67.4 Å². The molecule has 1 rings (SSSR count). The number of anilines is 1. The highest BCUT2D eigenvalue weighted by Crippen LogP contribution is 2.27. The number of rotatable bonds is 4.